The molecular weight excluding hydrogens is 160 g/mol. The van der Waals surface area contributed by atoms with Crippen molar-refractivity contribution < 1.29 is 5.11 Å². The van der Waals surface area contributed by atoms with E-state index >= 15 is 0 Å². The van der Waals surface area contributed by atoms with Crippen LogP contribution in [0.3, 0.4) is 0 Å². The van der Waals surface area contributed by atoms with Crippen molar-refractivity contribution in [3.63, 3.8) is 0 Å². The van der Waals surface area contributed by atoms with Crippen LogP contribution in [-0.4, -0.2) is 5.11 Å². The molecule has 2 rings (SSSR count). The molecule has 0 saturated heterocycles. The molecule has 0 aliphatic heterocycles. The molecule has 0 amide bonds. The number of phenolic OH excluding ortho intramolecular Hbond substituents is 1. The second-order valence-corrected chi connectivity index (χ2v) is 4.16. The molecule has 1 aliphatic rings. The van der Waals surface area contributed by atoms with E-state index in [1.54, 1.807) is 6.07 Å². The van der Waals surface area contributed by atoms with Gasteiger partial charge in [-0.25, -0.2) is 0 Å². The SMILES string of the molecule is CC1CCC(C)c2c(O)cccc21. The lowest BCUT2D eigenvalue weighted by molar-refractivity contribution is 0.441. The molecule has 1 aromatic carbocycles. The fourth-order valence-corrected chi connectivity index (χ4v) is 2.34. The second-order valence-electron chi connectivity index (χ2n) is 4.16. The van der Waals surface area contributed by atoms with E-state index in [1.165, 1.54) is 24.0 Å². The third-order valence-corrected chi connectivity index (χ3v) is 3.17. The third-order valence-electron chi connectivity index (χ3n) is 3.17. The maximum Gasteiger partial charge on any atom is 0.119 e. The van der Waals surface area contributed by atoms with Gasteiger partial charge >= 0.3 is 0 Å². The predicted molar refractivity (Wildman–Crippen MR) is 54.2 cm³/mol. The Labute approximate surface area is 79.4 Å². The van der Waals surface area contributed by atoms with Gasteiger partial charge in [0.2, 0.25) is 0 Å². The average Bonchev–Trinajstić information content (AvgIpc) is 2.12. The van der Waals surface area contributed by atoms with Crippen LogP contribution in [0, 0.1) is 0 Å². The topological polar surface area (TPSA) is 20.2 Å². The molecule has 13 heavy (non-hydrogen) atoms. The lowest BCUT2D eigenvalue weighted by atomic mass is 9.78. The number of benzene rings is 1. The van der Waals surface area contributed by atoms with Crippen molar-refractivity contribution in [1.29, 1.82) is 0 Å². The van der Waals surface area contributed by atoms with Crippen molar-refractivity contribution in [3.8, 4) is 5.75 Å². The summed E-state index contributed by atoms with van der Waals surface area (Å²) in [5.41, 5.74) is 2.53. The van der Waals surface area contributed by atoms with Gasteiger partial charge in [-0.3, -0.25) is 0 Å². The molecule has 0 spiro atoms. The van der Waals surface area contributed by atoms with Crippen molar-refractivity contribution in [1.82, 2.24) is 0 Å². The fraction of sp³-hybridized carbons (Fsp3) is 0.500. The molecule has 2 unspecified atom stereocenters. The van der Waals surface area contributed by atoms with Crippen molar-refractivity contribution in [2.24, 2.45) is 0 Å². The standard InChI is InChI=1S/C12H16O/c1-8-6-7-9(2)12-10(8)4-3-5-11(12)13/h3-5,8-9,13H,6-7H2,1-2H3. The molecular formula is C12H16O. The van der Waals surface area contributed by atoms with Crippen LogP contribution in [0.2, 0.25) is 0 Å². The second kappa shape index (κ2) is 3.06. The van der Waals surface area contributed by atoms with E-state index < -0.39 is 0 Å². The lowest BCUT2D eigenvalue weighted by Gasteiger charge is -2.27. The minimum atomic E-state index is 0.483. The van der Waals surface area contributed by atoms with Crippen LogP contribution in [0.5, 0.6) is 5.75 Å². The van der Waals surface area contributed by atoms with Gasteiger partial charge in [-0.05, 0) is 36.3 Å². The summed E-state index contributed by atoms with van der Waals surface area (Å²) in [5.74, 6) is 1.61. The molecule has 1 aliphatic carbocycles. The Balaban J connectivity index is 2.56. The molecule has 0 bridgehead atoms. The largest absolute Gasteiger partial charge is 0.508 e. The van der Waals surface area contributed by atoms with E-state index in [2.05, 4.69) is 19.9 Å². The molecule has 0 fully saturated rings. The summed E-state index contributed by atoms with van der Waals surface area (Å²) in [5, 5.41) is 9.74. The number of hydrogen-bond acceptors (Lipinski definition) is 1. The maximum atomic E-state index is 9.74. The number of aromatic hydroxyl groups is 1. The summed E-state index contributed by atoms with van der Waals surface area (Å²) in [6.07, 6.45) is 2.45. The summed E-state index contributed by atoms with van der Waals surface area (Å²) in [6.45, 7) is 4.44. The molecule has 1 nitrogen and oxygen atoms in total. The highest BCUT2D eigenvalue weighted by molar-refractivity contribution is 5.44. The Morgan fingerprint density at radius 3 is 2.54 bits per heavy atom. The third kappa shape index (κ3) is 1.32. The number of hydrogen-bond donors (Lipinski definition) is 1. The smallest absolute Gasteiger partial charge is 0.119 e. The zero-order chi connectivity index (χ0) is 9.42. The molecule has 0 aromatic heterocycles. The van der Waals surface area contributed by atoms with Gasteiger partial charge in [0.25, 0.3) is 0 Å². The van der Waals surface area contributed by atoms with Crippen molar-refractivity contribution in [3.05, 3.63) is 29.3 Å². The van der Waals surface area contributed by atoms with Crippen LogP contribution in [0.15, 0.2) is 18.2 Å². The molecule has 1 N–H and O–H groups in total. The monoisotopic (exact) mass is 176 g/mol. The molecule has 70 valence electrons. The van der Waals surface area contributed by atoms with Gasteiger partial charge in [-0.1, -0.05) is 26.0 Å². The Morgan fingerprint density at radius 1 is 1.15 bits per heavy atom. The van der Waals surface area contributed by atoms with Gasteiger partial charge in [0.15, 0.2) is 0 Å². The first-order valence-electron chi connectivity index (χ1n) is 5.02. The van der Waals surface area contributed by atoms with Gasteiger partial charge in [0, 0.05) is 5.56 Å². The maximum absolute atomic E-state index is 9.74. The lowest BCUT2D eigenvalue weighted by Crippen LogP contribution is -2.10. The number of rotatable bonds is 0. The summed E-state index contributed by atoms with van der Waals surface area (Å²) in [6, 6.07) is 5.89. The van der Waals surface area contributed by atoms with Crippen molar-refractivity contribution in [2.75, 3.05) is 0 Å². The summed E-state index contributed by atoms with van der Waals surface area (Å²) >= 11 is 0. The Hall–Kier alpha value is -0.980. The van der Waals surface area contributed by atoms with E-state index in [9.17, 15) is 5.11 Å². The van der Waals surface area contributed by atoms with Crippen molar-refractivity contribution in [2.45, 2.75) is 38.5 Å². The van der Waals surface area contributed by atoms with Crippen LogP contribution in [0.1, 0.15) is 49.7 Å². The molecule has 0 radical (unpaired) electrons. The first-order chi connectivity index (χ1) is 6.20. The van der Waals surface area contributed by atoms with Crippen LogP contribution in [0.4, 0.5) is 0 Å². The summed E-state index contributed by atoms with van der Waals surface area (Å²) in [4.78, 5) is 0. The van der Waals surface area contributed by atoms with Gasteiger partial charge in [0.05, 0.1) is 0 Å². The summed E-state index contributed by atoms with van der Waals surface area (Å²) in [7, 11) is 0. The Morgan fingerprint density at radius 2 is 1.85 bits per heavy atom. The predicted octanol–water partition coefficient (Wildman–Crippen LogP) is 3.39. The van der Waals surface area contributed by atoms with E-state index in [4.69, 9.17) is 0 Å². The first kappa shape index (κ1) is 8.61. The highest BCUT2D eigenvalue weighted by Crippen LogP contribution is 2.42. The summed E-state index contributed by atoms with van der Waals surface area (Å²) < 4.78 is 0. The van der Waals surface area contributed by atoms with Gasteiger partial charge < -0.3 is 5.11 Å². The van der Waals surface area contributed by atoms with Gasteiger partial charge in [-0.15, -0.1) is 0 Å². The van der Waals surface area contributed by atoms with E-state index in [1.807, 2.05) is 6.07 Å². The highest BCUT2D eigenvalue weighted by Gasteiger charge is 2.23. The van der Waals surface area contributed by atoms with Crippen LogP contribution < -0.4 is 0 Å². The highest BCUT2D eigenvalue weighted by atomic mass is 16.3. The van der Waals surface area contributed by atoms with E-state index in [0.29, 0.717) is 17.6 Å². The minimum absolute atomic E-state index is 0.483. The fourth-order valence-electron chi connectivity index (χ4n) is 2.34. The minimum Gasteiger partial charge on any atom is -0.508 e. The number of phenols is 1. The molecule has 1 aromatic rings. The Kier molecular flexibility index (Phi) is 2.03. The molecule has 0 heterocycles. The van der Waals surface area contributed by atoms with E-state index in [0.717, 1.165) is 0 Å². The zero-order valence-corrected chi connectivity index (χ0v) is 8.25. The average molecular weight is 176 g/mol. The van der Waals surface area contributed by atoms with Crippen LogP contribution in [0.25, 0.3) is 0 Å². The van der Waals surface area contributed by atoms with Gasteiger partial charge in [0.1, 0.15) is 5.75 Å². The first-order valence-corrected chi connectivity index (χ1v) is 5.02. The molecule has 1 heteroatoms. The van der Waals surface area contributed by atoms with Crippen molar-refractivity contribution >= 4 is 0 Å². The quantitative estimate of drug-likeness (QED) is 0.642. The van der Waals surface area contributed by atoms with Crippen LogP contribution >= 0.6 is 0 Å². The normalized spacial score (nSPS) is 26.9. The number of fused-ring (bicyclic) bond motifs is 1. The molecule has 0 saturated carbocycles. The van der Waals surface area contributed by atoms with Crippen LogP contribution in [-0.2, 0) is 0 Å². The Bertz CT molecular complexity index is 317. The van der Waals surface area contributed by atoms with E-state index in [-0.39, 0.29) is 0 Å². The molecule has 2 atom stereocenters. The van der Waals surface area contributed by atoms with Gasteiger partial charge in [-0.2, -0.15) is 0 Å². The zero-order valence-electron chi connectivity index (χ0n) is 8.25.